The molecule has 0 amide bonds. The van der Waals surface area contributed by atoms with Crippen LogP contribution in [-0.4, -0.2) is 35.5 Å². The van der Waals surface area contributed by atoms with E-state index in [1.165, 1.54) is 12.1 Å². The Morgan fingerprint density at radius 1 is 1.25 bits per heavy atom. The summed E-state index contributed by atoms with van der Waals surface area (Å²) >= 11 is 11.6. The minimum atomic E-state index is -1.23. The van der Waals surface area contributed by atoms with Gasteiger partial charge in [0.25, 0.3) is 0 Å². The predicted molar refractivity (Wildman–Crippen MR) is 72.0 cm³/mol. The summed E-state index contributed by atoms with van der Waals surface area (Å²) in [6.45, 7) is -0.644. The van der Waals surface area contributed by atoms with Gasteiger partial charge in [0.1, 0.15) is 0 Å². The van der Waals surface area contributed by atoms with Crippen LogP contribution in [0.15, 0.2) is 18.2 Å². The monoisotopic (exact) mass is 319 g/mol. The average molecular weight is 320 g/mol. The normalized spacial score (nSPS) is 11.8. The second-order valence-corrected chi connectivity index (χ2v) is 4.66. The first-order valence-electron chi connectivity index (χ1n) is 5.44. The van der Waals surface area contributed by atoms with Crippen molar-refractivity contribution in [3.05, 3.63) is 33.8 Å². The highest BCUT2D eigenvalue weighted by molar-refractivity contribution is 6.39. The molecule has 0 bridgehead atoms. The van der Waals surface area contributed by atoms with Crippen LogP contribution in [0, 0.1) is 0 Å². The summed E-state index contributed by atoms with van der Waals surface area (Å²) < 4.78 is 4.72. The van der Waals surface area contributed by atoms with Gasteiger partial charge in [-0.15, -0.1) is 0 Å². The van der Waals surface area contributed by atoms with Crippen molar-refractivity contribution in [2.24, 2.45) is 5.73 Å². The molecule has 0 aromatic heterocycles. The Kier molecular flexibility index (Phi) is 5.94. The molecule has 0 aliphatic heterocycles. The van der Waals surface area contributed by atoms with Gasteiger partial charge in [-0.2, -0.15) is 0 Å². The zero-order valence-electron chi connectivity index (χ0n) is 10.1. The van der Waals surface area contributed by atoms with Crippen LogP contribution in [0.3, 0.4) is 0 Å². The van der Waals surface area contributed by atoms with Crippen molar-refractivity contribution in [2.45, 2.75) is 12.5 Å². The zero-order valence-corrected chi connectivity index (χ0v) is 11.6. The third-order valence-electron chi connectivity index (χ3n) is 2.32. The Morgan fingerprint density at radius 2 is 1.80 bits per heavy atom. The summed E-state index contributed by atoms with van der Waals surface area (Å²) in [5.74, 6) is -2.80. The number of hydrogen-bond acceptors (Lipinski definition) is 5. The molecule has 3 N–H and O–H groups in total. The molecule has 0 unspecified atom stereocenters. The maximum Gasteiger partial charge on any atom is 0.341 e. The number of carbonyl (C=O) groups excluding carboxylic acids is 2. The van der Waals surface area contributed by atoms with Crippen LogP contribution < -0.4 is 5.73 Å². The number of ether oxygens (including phenoxy) is 1. The molecule has 0 saturated heterocycles. The molecular formula is C12H11Cl2NO5. The van der Waals surface area contributed by atoms with E-state index in [4.69, 9.17) is 38.8 Å². The SMILES string of the molecule is N[C@@H](CC(=O)O)C(=O)COC(=O)c1c(Cl)cccc1Cl. The van der Waals surface area contributed by atoms with E-state index in [-0.39, 0.29) is 15.6 Å². The number of Topliss-reactive ketones (excluding diaryl/α,β-unsaturated/α-hetero) is 1. The van der Waals surface area contributed by atoms with Gasteiger partial charge in [0.2, 0.25) is 0 Å². The lowest BCUT2D eigenvalue weighted by Crippen LogP contribution is -2.36. The molecule has 1 rings (SSSR count). The number of carboxylic acids is 1. The van der Waals surface area contributed by atoms with Crippen LogP contribution in [0.4, 0.5) is 0 Å². The maximum absolute atomic E-state index is 11.7. The average Bonchev–Trinajstić information content (AvgIpc) is 2.34. The molecule has 0 heterocycles. The van der Waals surface area contributed by atoms with E-state index < -0.39 is 36.8 Å². The highest BCUT2D eigenvalue weighted by atomic mass is 35.5. The molecule has 0 fully saturated rings. The Hall–Kier alpha value is -1.63. The number of benzene rings is 1. The smallest absolute Gasteiger partial charge is 0.341 e. The first kappa shape index (κ1) is 16.4. The van der Waals surface area contributed by atoms with E-state index in [2.05, 4.69) is 0 Å². The van der Waals surface area contributed by atoms with E-state index >= 15 is 0 Å². The van der Waals surface area contributed by atoms with Crippen LogP contribution in [0.1, 0.15) is 16.8 Å². The fraction of sp³-hybridized carbons (Fsp3) is 0.250. The summed E-state index contributed by atoms with van der Waals surface area (Å²) in [5.41, 5.74) is 5.27. The first-order chi connectivity index (χ1) is 9.32. The molecule has 0 aliphatic carbocycles. The third kappa shape index (κ3) is 4.48. The number of nitrogens with two attached hydrogens (primary N) is 1. The highest BCUT2D eigenvalue weighted by Gasteiger charge is 2.21. The number of carboxylic acid groups (broad SMARTS) is 1. The van der Waals surface area contributed by atoms with Gasteiger partial charge in [-0.3, -0.25) is 9.59 Å². The number of halogens is 2. The standard InChI is InChI=1S/C12H11Cl2NO5/c13-6-2-1-3-7(14)11(6)12(19)20-5-9(16)8(15)4-10(17)18/h1-3,8H,4-5,15H2,(H,17,18)/t8-/m0/s1. The van der Waals surface area contributed by atoms with E-state index in [0.717, 1.165) is 0 Å². The Labute approximate surface area is 124 Å². The van der Waals surface area contributed by atoms with Crippen molar-refractivity contribution < 1.29 is 24.2 Å². The lowest BCUT2D eigenvalue weighted by Gasteiger charge is -2.10. The molecule has 0 aliphatic rings. The second kappa shape index (κ2) is 7.23. The Morgan fingerprint density at radius 3 is 2.30 bits per heavy atom. The summed E-state index contributed by atoms with van der Waals surface area (Å²) in [5, 5.41) is 8.66. The van der Waals surface area contributed by atoms with Gasteiger partial charge in [0.15, 0.2) is 12.4 Å². The van der Waals surface area contributed by atoms with Gasteiger partial charge in [-0.25, -0.2) is 4.79 Å². The van der Waals surface area contributed by atoms with Crippen molar-refractivity contribution in [3.63, 3.8) is 0 Å². The summed E-state index contributed by atoms with van der Waals surface area (Å²) in [6.07, 6.45) is -0.538. The Balaban J connectivity index is 2.64. The summed E-state index contributed by atoms with van der Waals surface area (Å²) in [6, 6.07) is 3.21. The molecule has 1 aromatic carbocycles. The molecule has 20 heavy (non-hydrogen) atoms. The van der Waals surface area contributed by atoms with Crippen molar-refractivity contribution in [2.75, 3.05) is 6.61 Å². The maximum atomic E-state index is 11.7. The van der Waals surface area contributed by atoms with Crippen LogP contribution in [-0.2, 0) is 14.3 Å². The molecule has 0 saturated carbocycles. The van der Waals surface area contributed by atoms with Crippen LogP contribution in [0.5, 0.6) is 0 Å². The van der Waals surface area contributed by atoms with Crippen LogP contribution in [0.2, 0.25) is 10.0 Å². The molecule has 6 nitrogen and oxygen atoms in total. The topological polar surface area (TPSA) is 107 Å². The number of esters is 1. The van der Waals surface area contributed by atoms with Gasteiger partial charge in [0.05, 0.1) is 28.1 Å². The molecule has 108 valence electrons. The van der Waals surface area contributed by atoms with E-state index in [9.17, 15) is 14.4 Å². The molecule has 1 aromatic rings. The number of hydrogen-bond donors (Lipinski definition) is 2. The van der Waals surface area contributed by atoms with Gasteiger partial charge >= 0.3 is 11.9 Å². The number of carbonyl (C=O) groups is 3. The van der Waals surface area contributed by atoms with Gasteiger partial charge < -0.3 is 15.6 Å². The van der Waals surface area contributed by atoms with Gasteiger partial charge in [0, 0.05) is 0 Å². The summed E-state index contributed by atoms with van der Waals surface area (Å²) in [4.78, 5) is 33.6. The van der Waals surface area contributed by atoms with Crippen LogP contribution in [0.25, 0.3) is 0 Å². The second-order valence-electron chi connectivity index (χ2n) is 3.84. The lowest BCUT2D eigenvalue weighted by atomic mass is 10.1. The molecule has 0 radical (unpaired) electrons. The van der Waals surface area contributed by atoms with Gasteiger partial charge in [-0.1, -0.05) is 29.3 Å². The van der Waals surface area contributed by atoms with Crippen molar-refractivity contribution in [1.29, 1.82) is 0 Å². The number of ketones is 1. The van der Waals surface area contributed by atoms with Crippen molar-refractivity contribution in [3.8, 4) is 0 Å². The lowest BCUT2D eigenvalue weighted by molar-refractivity contribution is -0.139. The van der Waals surface area contributed by atoms with Crippen molar-refractivity contribution in [1.82, 2.24) is 0 Å². The minimum absolute atomic E-state index is 0.0598. The largest absolute Gasteiger partial charge is 0.481 e. The Bertz CT molecular complexity index is 526. The number of aliphatic carboxylic acids is 1. The predicted octanol–water partition coefficient (Wildman–Crippen LogP) is 1.52. The highest BCUT2D eigenvalue weighted by Crippen LogP contribution is 2.24. The minimum Gasteiger partial charge on any atom is -0.481 e. The van der Waals surface area contributed by atoms with E-state index in [1.807, 2.05) is 0 Å². The number of rotatable bonds is 6. The van der Waals surface area contributed by atoms with Crippen LogP contribution >= 0.6 is 23.2 Å². The molecule has 1 atom stereocenters. The summed E-state index contributed by atoms with van der Waals surface area (Å²) in [7, 11) is 0. The third-order valence-corrected chi connectivity index (χ3v) is 2.95. The van der Waals surface area contributed by atoms with Gasteiger partial charge in [-0.05, 0) is 12.1 Å². The van der Waals surface area contributed by atoms with E-state index in [0.29, 0.717) is 0 Å². The molecular weight excluding hydrogens is 309 g/mol. The van der Waals surface area contributed by atoms with E-state index in [1.54, 1.807) is 6.07 Å². The fourth-order valence-corrected chi connectivity index (χ4v) is 1.86. The fourth-order valence-electron chi connectivity index (χ4n) is 1.31. The quantitative estimate of drug-likeness (QED) is 0.770. The zero-order chi connectivity index (χ0) is 15.3. The molecule has 8 heteroatoms. The van der Waals surface area contributed by atoms with Crippen molar-refractivity contribution >= 4 is 40.9 Å². The molecule has 0 spiro atoms. The first-order valence-corrected chi connectivity index (χ1v) is 6.19.